The molecule has 0 unspecified atom stereocenters. The van der Waals surface area contributed by atoms with Crippen LogP contribution in [-0.4, -0.2) is 17.1 Å². The molecule has 0 atom stereocenters. The predicted octanol–water partition coefficient (Wildman–Crippen LogP) is 4.85. The number of nitrogens with zero attached hydrogens (tertiary/aromatic N) is 1. The molecule has 0 aliphatic heterocycles. The van der Waals surface area contributed by atoms with E-state index in [0.717, 1.165) is 24.3 Å². The number of halogens is 3. The van der Waals surface area contributed by atoms with E-state index in [-0.39, 0.29) is 17.0 Å². The maximum Gasteiger partial charge on any atom is 0.416 e. The van der Waals surface area contributed by atoms with E-state index in [4.69, 9.17) is 9.47 Å². The summed E-state index contributed by atoms with van der Waals surface area (Å²) >= 11 is 0. The standard InChI is InChI=1S/C22H19F3N2O4/c1-3-30-16-5-7-17(8-6-16)31-19-9-4-15(22(23,24)25)13-18(19)26-21(29)14-10-11-27(2)20(28)12-14/h4-13H,3H2,1-2H3,(H,26,29). The van der Waals surface area contributed by atoms with Gasteiger partial charge in [0.2, 0.25) is 0 Å². The third kappa shape index (κ3) is 5.44. The van der Waals surface area contributed by atoms with E-state index >= 15 is 0 Å². The van der Waals surface area contributed by atoms with Crippen LogP contribution in [0.15, 0.2) is 65.6 Å². The van der Waals surface area contributed by atoms with Crippen molar-refractivity contribution in [3.63, 3.8) is 0 Å². The largest absolute Gasteiger partial charge is 0.494 e. The van der Waals surface area contributed by atoms with Crippen LogP contribution in [0.4, 0.5) is 18.9 Å². The maximum absolute atomic E-state index is 13.2. The Bertz CT molecular complexity index is 1140. The van der Waals surface area contributed by atoms with Crippen LogP contribution in [-0.2, 0) is 13.2 Å². The number of anilines is 1. The molecular weight excluding hydrogens is 413 g/mol. The average Bonchev–Trinajstić information content (AvgIpc) is 2.72. The first-order valence-electron chi connectivity index (χ1n) is 9.27. The number of alkyl halides is 3. The molecule has 162 valence electrons. The van der Waals surface area contributed by atoms with Gasteiger partial charge < -0.3 is 19.4 Å². The minimum atomic E-state index is -4.61. The molecule has 0 aliphatic rings. The number of rotatable bonds is 6. The lowest BCUT2D eigenvalue weighted by atomic mass is 10.1. The Morgan fingerprint density at radius 3 is 2.32 bits per heavy atom. The number of carbonyl (C=O) groups is 1. The van der Waals surface area contributed by atoms with Crippen LogP contribution >= 0.6 is 0 Å². The van der Waals surface area contributed by atoms with Crippen LogP contribution in [0.25, 0.3) is 0 Å². The zero-order valence-electron chi connectivity index (χ0n) is 16.7. The lowest BCUT2D eigenvalue weighted by molar-refractivity contribution is -0.137. The highest BCUT2D eigenvalue weighted by Gasteiger charge is 2.31. The second-order valence-corrected chi connectivity index (χ2v) is 6.53. The van der Waals surface area contributed by atoms with Crippen LogP contribution in [0.5, 0.6) is 17.2 Å². The fourth-order valence-corrected chi connectivity index (χ4v) is 2.67. The summed E-state index contributed by atoms with van der Waals surface area (Å²) in [6.45, 7) is 2.32. The Kier molecular flexibility index (Phi) is 6.33. The summed E-state index contributed by atoms with van der Waals surface area (Å²) in [7, 11) is 1.51. The number of nitrogens with one attached hydrogen (secondary N) is 1. The second kappa shape index (κ2) is 8.95. The van der Waals surface area contributed by atoms with Gasteiger partial charge in [-0.05, 0) is 55.5 Å². The van der Waals surface area contributed by atoms with Crippen LogP contribution in [0, 0.1) is 0 Å². The van der Waals surface area contributed by atoms with Crippen molar-refractivity contribution in [1.29, 1.82) is 0 Å². The van der Waals surface area contributed by atoms with Crippen molar-refractivity contribution in [2.75, 3.05) is 11.9 Å². The summed E-state index contributed by atoms with van der Waals surface area (Å²) in [6, 6.07) is 11.7. The van der Waals surface area contributed by atoms with Gasteiger partial charge in [0, 0.05) is 24.9 Å². The molecule has 2 aromatic carbocycles. The fraction of sp³-hybridized carbons (Fsp3) is 0.182. The van der Waals surface area contributed by atoms with Gasteiger partial charge >= 0.3 is 6.18 Å². The number of benzene rings is 2. The van der Waals surface area contributed by atoms with E-state index in [1.807, 2.05) is 6.92 Å². The molecular formula is C22H19F3N2O4. The number of aryl methyl sites for hydroxylation is 1. The molecule has 3 aromatic rings. The summed E-state index contributed by atoms with van der Waals surface area (Å²) in [4.78, 5) is 24.3. The number of amides is 1. The summed E-state index contributed by atoms with van der Waals surface area (Å²) < 4.78 is 51.9. The molecule has 1 heterocycles. The zero-order chi connectivity index (χ0) is 22.6. The Labute approximate surface area is 175 Å². The highest BCUT2D eigenvalue weighted by atomic mass is 19.4. The molecule has 6 nitrogen and oxygen atoms in total. The van der Waals surface area contributed by atoms with Gasteiger partial charge in [0.25, 0.3) is 11.5 Å². The molecule has 9 heteroatoms. The summed E-state index contributed by atoms with van der Waals surface area (Å²) in [5.41, 5.74) is -1.56. The first-order chi connectivity index (χ1) is 14.7. The maximum atomic E-state index is 13.2. The van der Waals surface area contributed by atoms with Gasteiger partial charge in [0.15, 0.2) is 5.75 Å². The molecule has 0 aliphatic carbocycles. The number of hydrogen-bond acceptors (Lipinski definition) is 4. The molecule has 0 radical (unpaired) electrons. The molecule has 1 N–H and O–H groups in total. The highest BCUT2D eigenvalue weighted by molar-refractivity contribution is 6.05. The first kappa shape index (κ1) is 21.9. The molecule has 1 amide bonds. The van der Waals surface area contributed by atoms with Gasteiger partial charge in [-0.1, -0.05) is 0 Å². The minimum absolute atomic E-state index is 0.00697. The van der Waals surface area contributed by atoms with E-state index in [1.54, 1.807) is 24.3 Å². The second-order valence-electron chi connectivity index (χ2n) is 6.53. The quantitative estimate of drug-likeness (QED) is 0.605. The Balaban J connectivity index is 1.92. The smallest absolute Gasteiger partial charge is 0.416 e. The SMILES string of the molecule is CCOc1ccc(Oc2ccc(C(F)(F)F)cc2NC(=O)c2ccn(C)c(=O)c2)cc1. The molecule has 31 heavy (non-hydrogen) atoms. The summed E-state index contributed by atoms with van der Waals surface area (Å²) in [6.07, 6.45) is -3.22. The molecule has 0 saturated carbocycles. The first-order valence-corrected chi connectivity index (χ1v) is 9.27. The van der Waals surface area contributed by atoms with Gasteiger partial charge in [-0.15, -0.1) is 0 Å². The zero-order valence-corrected chi connectivity index (χ0v) is 16.7. The normalized spacial score (nSPS) is 11.1. The lowest BCUT2D eigenvalue weighted by Crippen LogP contribution is -2.20. The highest BCUT2D eigenvalue weighted by Crippen LogP contribution is 2.37. The van der Waals surface area contributed by atoms with Crippen molar-refractivity contribution < 1.29 is 27.4 Å². The lowest BCUT2D eigenvalue weighted by Gasteiger charge is -2.15. The summed E-state index contributed by atoms with van der Waals surface area (Å²) in [5, 5.41) is 2.40. The molecule has 0 saturated heterocycles. The molecule has 1 aromatic heterocycles. The van der Waals surface area contributed by atoms with Gasteiger partial charge in [-0.25, -0.2) is 0 Å². The van der Waals surface area contributed by atoms with Crippen molar-refractivity contribution in [2.45, 2.75) is 13.1 Å². The molecule has 0 fully saturated rings. The van der Waals surface area contributed by atoms with Gasteiger partial charge in [0.05, 0.1) is 17.9 Å². The van der Waals surface area contributed by atoms with Crippen LogP contribution < -0.4 is 20.3 Å². The number of pyridine rings is 1. The van der Waals surface area contributed by atoms with Gasteiger partial charge in [-0.3, -0.25) is 9.59 Å². The van der Waals surface area contributed by atoms with Gasteiger partial charge in [-0.2, -0.15) is 13.2 Å². The summed E-state index contributed by atoms with van der Waals surface area (Å²) in [5.74, 6) is 0.219. The number of hydrogen-bond donors (Lipinski definition) is 1. The topological polar surface area (TPSA) is 69.6 Å². The van der Waals surface area contributed by atoms with E-state index in [0.29, 0.717) is 18.1 Å². The van der Waals surface area contributed by atoms with Crippen molar-refractivity contribution in [2.24, 2.45) is 7.05 Å². The van der Waals surface area contributed by atoms with Gasteiger partial charge in [0.1, 0.15) is 11.5 Å². The van der Waals surface area contributed by atoms with Crippen LogP contribution in [0.1, 0.15) is 22.8 Å². The van der Waals surface area contributed by atoms with E-state index in [2.05, 4.69) is 5.32 Å². The number of ether oxygens (including phenoxy) is 2. The monoisotopic (exact) mass is 432 g/mol. The Morgan fingerprint density at radius 2 is 1.71 bits per heavy atom. The van der Waals surface area contributed by atoms with E-state index in [1.165, 1.54) is 23.9 Å². The van der Waals surface area contributed by atoms with Crippen molar-refractivity contribution in [3.8, 4) is 17.2 Å². The van der Waals surface area contributed by atoms with E-state index < -0.39 is 23.2 Å². The van der Waals surface area contributed by atoms with Crippen LogP contribution in [0.2, 0.25) is 0 Å². The molecule has 0 bridgehead atoms. The molecule has 3 rings (SSSR count). The van der Waals surface area contributed by atoms with Crippen LogP contribution in [0.3, 0.4) is 0 Å². The third-order valence-corrected chi connectivity index (χ3v) is 4.28. The third-order valence-electron chi connectivity index (χ3n) is 4.28. The van der Waals surface area contributed by atoms with E-state index in [9.17, 15) is 22.8 Å². The average molecular weight is 432 g/mol. The Hall–Kier alpha value is -3.75. The number of aromatic nitrogens is 1. The minimum Gasteiger partial charge on any atom is -0.494 e. The Morgan fingerprint density at radius 1 is 1.03 bits per heavy atom. The fourth-order valence-electron chi connectivity index (χ4n) is 2.67. The number of carbonyl (C=O) groups excluding carboxylic acids is 1. The van der Waals surface area contributed by atoms with Crippen molar-refractivity contribution in [1.82, 2.24) is 4.57 Å². The molecule has 0 spiro atoms. The van der Waals surface area contributed by atoms with Crippen molar-refractivity contribution >= 4 is 11.6 Å². The predicted molar refractivity (Wildman–Crippen MR) is 109 cm³/mol. The van der Waals surface area contributed by atoms with Crippen molar-refractivity contribution in [3.05, 3.63) is 82.3 Å².